The standard InChI is InChI=1S/C14H16ClF3N2O/c1-13(2)8-20(19-12(13)21)11(14(16,17)18)7-9-4-3-5-10(15)6-9/h3-6,11H,7-8H2,1-2H3,(H,19,21)/t11-/m0/s1. The van der Waals surface area contributed by atoms with E-state index in [2.05, 4.69) is 5.43 Å². The Labute approximate surface area is 126 Å². The molecule has 21 heavy (non-hydrogen) atoms. The van der Waals surface area contributed by atoms with Crippen molar-refractivity contribution in [1.29, 1.82) is 0 Å². The van der Waals surface area contributed by atoms with Crippen LogP contribution in [0.1, 0.15) is 19.4 Å². The van der Waals surface area contributed by atoms with Crippen LogP contribution in [0.3, 0.4) is 0 Å². The molecule has 0 aromatic heterocycles. The van der Waals surface area contributed by atoms with Gasteiger partial charge < -0.3 is 0 Å². The number of carbonyl (C=O) groups is 1. The number of hydrazine groups is 1. The molecular weight excluding hydrogens is 305 g/mol. The fourth-order valence-corrected chi connectivity index (χ4v) is 2.51. The van der Waals surface area contributed by atoms with Gasteiger partial charge in [-0.15, -0.1) is 0 Å². The molecule has 0 unspecified atom stereocenters. The normalized spacial score (nSPS) is 20.4. The van der Waals surface area contributed by atoms with Crippen molar-refractivity contribution in [2.24, 2.45) is 5.41 Å². The van der Waals surface area contributed by atoms with Crippen LogP contribution in [0.2, 0.25) is 5.02 Å². The summed E-state index contributed by atoms with van der Waals surface area (Å²) in [5, 5.41) is 1.36. The van der Waals surface area contributed by atoms with Gasteiger partial charge >= 0.3 is 6.18 Å². The fraction of sp³-hybridized carbons (Fsp3) is 0.500. The number of hydrogen-bond donors (Lipinski definition) is 1. The van der Waals surface area contributed by atoms with Crippen molar-refractivity contribution in [3.8, 4) is 0 Å². The van der Waals surface area contributed by atoms with Gasteiger partial charge in [0.1, 0.15) is 6.04 Å². The van der Waals surface area contributed by atoms with Gasteiger partial charge in [0.05, 0.1) is 5.41 Å². The molecule has 0 spiro atoms. The lowest BCUT2D eigenvalue weighted by Gasteiger charge is -2.29. The highest BCUT2D eigenvalue weighted by Crippen LogP contribution is 2.32. The van der Waals surface area contributed by atoms with Gasteiger partial charge in [0.2, 0.25) is 5.91 Å². The van der Waals surface area contributed by atoms with Crippen LogP contribution in [0, 0.1) is 5.41 Å². The fourth-order valence-electron chi connectivity index (χ4n) is 2.30. The molecule has 116 valence electrons. The molecule has 1 heterocycles. The molecule has 3 nitrogen and oxygen atoms in total. The summed E-state index contributed by atoms with van der Waals surface area (Å²) >= 11 is 5.81. The lowest BCUT2D eigenvalue weighted by Crippen LogP contribution is -2.51. The van der Waals surface area contributed by atoms with Crippen molar-refractivity contribution in [2.75, 3.05) is 6.54 Å². The zero-order chi connectivity index (χ0) is 15.8. The second-order valence-electron chi connectivity index (χ2n) is 5.84. The van der Waals surface area contributed by atoms with E-state index in [9.17, 15) is 18.0 Å². The molecule has 0 aliphatic carbocycles. The van der Waals surface area contributed by atoms with Gasteiger partial charge in [-0.1, -0.05) is 23.7 Å². The Morgan fingerprint density at radius 3 is 2.57 bits per heavy atom. The van der Waals surface area contributed by atoms with Crippen LogP contribution < -0.4 is 5.43 Å². The Kier molecular flexibility index (Phi) is 4.22. The summed E-state index contributed by atoms with van der Waals surface area (Å²) in [6.45, 7) is 3.25. The Morgan fingerprint density at radius 2 is 2.10 bits per heavy atom. The quantitative estimate of drug-likeness (QED) is 0.927. The van der Waals surface area contributed by atoms with Crippen LogP contribution in [0.25, 0.3) is 0 Å². The second-order valence-corrected chi connectivity index (χ2v) is 6.28. The zero-order valence-corrected chi connectivity index (χ0v) is 12.4. The first-order valence-electron chi connectivity index (χ1n) is 6.48. The smallest absolute Gasteiger partial charge is 0.288 e. The van der Waals surface area contributed by atoms with E-state index in [1.807, 2.05) is 0 Å². The van der Waals surface area contributed by atoms with E-state index in [-0.39, 0.29) is 13.0 Å². The summed E-state index contributed by atoms with van der Waals surface area (Å²) in [6, 6.07) is 4.53. The Balaban J connectivity index is 2.23. The van der Waals surface area contributed by atoms with E-state index < -0.39 is 23.5 Å². The molecule has 1 fully saturated rings. The maximum Gasteiger partial charge on any atom is 0.406 e. The van der Waals surface area contributed by atoms with Crippen LogP contribution in [-0.2, 0) is 11.2 Å². The minimum Gasteiger partial charge on any atom is -0.288 e. The van der Waals surface area contributed by atoms with Crippen LogP contribution >= 0.6 is 11.6 Å². The number of rotatable bonds is 3. The maximum atomic E-state index is 13.3. The molecule has 0 bridgehead atoms. The summed E-state index contributed by atoms with van der Waals surface area (Å²) < 4.78 is 39.9. The van der Waals surface area contributed by atoms with Gasteiger partial charge in [-0.05, 0) is 38.0 Å². The van der Waals surface area contributed by atoms with E-state index in [4.69, 9.17) is 11.6 Å². The molecule has 7 heteroatoms. The number of hydrogen-bond acceptors (Lipinski definition) is 2. The molecule has 1 atom stereocenters. The number of amides is 1. The van der Waals surface area contributed by atoms with E-state index in [1.165, 1.54) is 6.07 Å². The summed E-state index contributed by atoms with van der Waals surface area (Å²) in [5.41, 5.74) is 1.97. The van der Waals surface area contributed by atoms with E-state index in [0.29, 0.717) is 10.6 Å². The van der Waals surface area contributed by atoms with Crippen molar-refractivity contribution < 1.29 is 18.0 Å². The third-order valence-corrected chi connectivity index (χ3v) is 3.73. The highest BCUT2D eigenvalue weighted by molar-refractivity contribution is 6.30. The minimum absolute atomic E-state index is 0.0105. The van der Waals surface area contributed by atoms with Gasteiger partial charge in [-0.2, -0.15) is 13.2 Å². The van der Waals surface area contributed by atoms with Crippen LogP contribution in [0.4, 0.5) is 13.2 Å². The van der Waals surface area contributed by atoms with Gasteiger partial charge in [0.15, 0.2) is 0 Å². The predicted octanol–water partition coefficient (Wildman–Crippen LogP) is 3.19. The second kappa shape index (κ2) is 5.50. The summed E-state index contributed by atoms with van der Waals surface area (Å²) in [5.74, 6) is -0.400. The van der Waals surface area contributed by atoms with Gasteiger partial charge in [-0.25, -0.2) is 5.01 Å². The van der Waals surface area contributed by atoms with Crippen molar-refractivity contribution in [3.05, 3.63) is 34.9 Å². The lowest BCUT2D eigenvalue weighted by atomic mass is 9.94. The molecule has 2 rings (SSSR count). The first kappa shape index (κ1) is 16.1. The molecule has 0 saturated carbocycles. The molecule has 1 amide bonds. The average Bonchev–Trinajstić information content (AvgIpc) is 2.59. The summed E-state index contributed by atoms with van der Waals surface area (Å²) in [4.78, 5) is 11.7. The number of nitrogens with one attached hydrogen (secondary N) is 1. The van der Waals surface area contributed by atoms with E-state index in [0.717, 1.165) is 5.01 Å². The number of benzene rings is 1. The molecule has 1 saturated heterocycles. The minimum atomic E-state index is -4.45. The molecule has 0 radical (unpaired) electrons. The first-order chi connectivity index (χ1) is 9.59. The SMILES string of the molecule is CC1(C)CN([C@@H](Cc2cccc(Cl)c2)C(F)(F)F)NC1=O. The monoisotopic (exact) mass is 320 g/mol. The Bertz CT molecular complexity index is 545. The molecular formula is C14H16ClF3N2O. The van der Waals surface area contributed by atoms with Gasteiger partial charge in [-0.3, -0.25) is 10.2 Å². The molecule has 1 N–H and O–H groups in total. The average molecular weight is 321 g/mol. The molecule has 1 aromatic rings. The van der Waals surface area contributed by atoms with Crippen molar-refractivity contribution in [1.82, 2.24) is 10.4 Å². The molecule has 1 aromatic carbocycles. The molecule has 1 aliphatic rings. The summed E-state index contributed by atoms with van der Waals surface area (Å²) in [7, 11) is 0. The third kappa shape index (κ3) is 3.68. The number of carbonyl (C=O) groups excluding carboxylic acids is 1. The molecule has 1 aliphatic heterocycles. The Morgan fingerprint density at radius 1 is 1.43 bits per heavy atom. The maximum absolute atomic E-state index is 13.3. The van der Waals surface area contributed by atoms with Crippen LogP contribution in [0.5, 0.6) is 0 Å². The van der Waals surface area contributed by atoms with Gasteiger partial charge in [0.25, 0.3) is 0 Å². The van der Waals surface area contributed by atoms with Crippen LogP contribution in [-0.4, -0.2) is 29.7 Å². The highest BCUT2D eigenvalue weighted by Gasteiger charge is 2.50. The number of alkyl halides is 3. The Hall–Kier alpha value is -1.27. The van der Waals surface area contributed by atoms with Crippen molar-refractivity contribution in [3.63, 3.8) is 0 Å². The number of halogens is 4. The topological polar surface area (TPSA) is 32.3 Å². The van der Waals surface area contributed by atoms with Crippen LogP contribution in [0.15, 0.2) is 24.3 Å². The van der Waals surface area contributed by atoms with Crippen molar-refractivity contribution >= 4 is 17.5 Å². The summed E-state index contributed by atoms with van der Waals surface area (Å²) in [6.07, 6.45) is -4.71. The largest absolute Gasteiger partial charge is 0.406 e. The van der Waals surface area contributed by atoms with Crippen molar-refractivity contribution in [2.45, 2.75) is 32.5 Å². The third-order valence-electron chi connectivity index (χ3n) is 3.50. The van der Waals surface area contributed by atoms with E-state index >= 15 is 0 Å². The lowest BCUT2D eigenvalue weighted by molar-refractivity contribution is -0.188. The van der Waals surface area contributed by atoms with E-state index in [1.54, 1.807) is 32.0 Å². The number of nitrogens with zero attached hydrogens (tertiary/aromatic N) is 1. The first-order valence-corrected chi connectivity index (χ1v) is 6.86. The zero-order valence-electron chi connectivity index (χ0n) is 11.7. The predicted molar refractivity (Wildman–Crippen MR) is 73.6 cm³/mol. The highest BCUT2D eigenvalue weighted by atomic mass is 35.5. The van der Waals surface area contributed by atoms with Gasteiger partial charge in [0, 0.05) is 11.6 Å².